The van der Waals surface area contributed by atoms with Gasteiger partial charge in [0.1, 0.15) is 0 Å². The van der Waals surface area contributed by atoms with Crippen LogP contribution in [0, 0.1) is 0 Å². The van der Waals surface area contributed by atoms with Crippen molar-refractivity contribution in [2.24, 2.45) is 0 Å². The standard InChI is InChI=1S/C17H15N5O3S/c1-25-16(24)12-7-9-13(10-8-12)18-15(23)11-26-17-19-20-21-22(17)14-5-3-2-4-6-14/h2-10H,11H2,1H3,(H,18,23). The average Bonchev–Trinajstić information content (AvgIpc) is 3.16. The highest BCUT2D eigenvalue weighted by Crippen LogP contribution is 2.18. The summed E-state index contributed by atoms with van der Waals surface area (Å²) in [4.78, 5) is 23.5. The molecule has 1 N–H and O–H groups in total. The molecule has 2 aromatic carbocycles. The van der Waals surface area contributed by atoms with Crippen molar-refractivity contribution in [3.05, 3.63) is 60.2 Å². The molecule has 9 heteroatoms. The molecule has 0 aliphatic heterocycles. The molecule has 0 unspecified atom stereocenters. The first-order chi connectivity index (χ1) is 12.7. The molecule has 0 saturated carbocycles. The fourth-order valence-corrected chi connectivity index (χ4v) is 2.83. The second kappa shape index (κ2) is 8.26. The molecule has 0 bridgehead atoms. The van der Waals surface area contributed by atoms with Crippen LogP contribution in [0.2, 0.25) is 0 Å². The molecular weight excluding hydrogens is 354 g/mol. The van der Waals surface area contributed by atoms with E-state index in [0.29, 0.717) is 16.4 Å². The van der Waals surface area contributed by atoms with Crippen molar-refractivity contribution >= 4 is 29.3 Å². The zero-order valence-electron chi connectivity index (χ0n) is 13.8. The van der Waals surface area contributed by atoms with E-state index in [0.717, 1.165) is 5.69 Å². The number of amides is 1. The molecule has 8 nitrogen and oxygen atoms in total. The highest BCUT2D eigenvalue weighted by Gasteiger charge is 2.12. The third-order valence-corrected chi connectivity index (χ3v) is 4.28. The van der Waals surface area contributed by atoms with Gasteiger partial charge < -0.3 is 10.1 Å². The molecule has 0 saturated heterocycles. The van der Waals surface area contributed by atoms with Crippen LogP contribution in [0.1, 0.15) is 10.4 Å². The van der Waals surface area contributed by atoms with Crippen LogP contribution in [0.25, 0.3) is 5.69 Å². The van der Waals surface area contributed by atoms with Gasteiger partial charge in [-0.2, -0.15) is 4.68 Å². The summed E-state index contributed by atoms with van der Waals surface area (Å²) in [6.07, 6.45) is 0. The lowest BCUT2D eigenvalue weighted by molar-refractivity contribution is -0.113. The molecule has 0 fully saturated rings. The number of nitrogens with one attached hydrogen (secondary N) is 1. The second-order valence-electron chi connectivity index (χ2n) is 5.11. The largest absolute Gasteiger partial charge is 0.465 e. The first-order valence-electron chi connectivity index (χ1n) is 7.62. The maximum atomic E-state index is 12.1. The Morgan fingerprint density at radius 2 is 1.85 bits per heavy atom. The lowest BCUT2D eigenvalue weighted by atomic mass is 10.2. The van der Waals surface area contributed by atoms with Crippen LogP contribution in [0.15, 0.2) is 59.8 Å². The number of aromatic nitrogens is 4. The number of hydrogen-bond acceptors (Lipinski definition) is 7. The van der Waals surface area contributed by atoms with Crippen molar-refractivity contribution in [3.8, 4) is 5.69 Å². The predicted molar refractivity (Wildman–Crippen MR) is 96.3 cm³/mol. The lowest BCUT2D eigenvalue weighted by Gasteiger charge is -2.06. The van der Waals surface area contributed by atoms with Gasteiger partial charge in [-0.05, 0) is 46.8 Å². The molecule has 1 aromatic heterocycles. The summed E-state index contributed by atoms with van der Waals surface area (Å²) >= 11 is 1.23. The van der Waals surface area contributed by atoms with Crippen molar-refractivity contribution < 1.29 is 14.3 Å². The number of tetrazole rings is 1. The summed E-state index contributed by atoms with van der Waals surface area (Å²) in [5.41, 5.74) is 1.83. The fourth-order valence-electron chi connectivity index (χ4n) is 2.13. The number of hydrogen-bond donors (Lipinski definition) is 1. The topological polar surface area (TPSA) is 99.0 Å². The lowest BCUT2D eigenvalue weighted by Crippen LogP contribution is -2.14. The van der Waals surface area contributed by atoms with E-state index in [1.165, 1.54) is 18.9 Å². The number of carbonyl (C=O) groups excluding carboxylic acids is 2. The molecular formula is C17H15N5O3S. The number of para-hydroxylation sites is 1. The highest BCUT2D eigenvalue weighted by atomic mass is 32.2. The summed E-state index contributed by atoms with van der Waals surface area (Å²) in [5, 5.41) is 14.8. The van der Waals surface area contributed by atoms with E-state index in [1.54, 1.807) is 28.9 Å². The Hall–Kier alpha value is -3.20. The van der Waals surface area contributed by atoms with Crippen LogP contribution in [0.5, 0.6) is 0 Å². The summed E-state index contributed by atoms with van der Waals surface area (Å²) in [6, 6.07) is 15.9. The SMILES string of the molecule is COC(=O)c1ccc(NC(=O)CSc2nnnn2-c2ccccc2)cc1. The van der Waals surface area contributed by atoms with Gasteiger partial charge in [0, 0.05) is 5.69 Å². The van der Waals surface area contributed by atoms with Crippen molar-refractivity contribution in [2.45, 2.75) is 5.16 Å². The van der Waals surface area contributed by atoms with Crippen LogP contribution in [-0.2, 0) is 9.53 Å². The Labute approximate surface area is 153 Å². The zero-order chi connectivity index (χ0) is 18.4. The minimum Gasteiger partial charge on any atom is -0.465 e. The molecule has 0 spiro atoms. The number of rotatable bonds is 6. The van der Waals surface area contributed by atoms with Crippen LogP contribution in [0.3, 0.4) is 0 Å². The molecule has 1 heterocycles. The van der Waals surface area contributed by atoms with E-state index < -0.39 is 5.97 Å². The Kier molecular flexibility index (Phi) is 5.59. The van der Waals surface area contributed by atoms with Gasteiger partial charge in [-0.25, -0.2) is 4.79 Å². The third kappa shape index (κ3) is 4.25. The fraction of sp³-hybridized carbons (Fsp3) is 0.118. The number of esters is 1. The van der Waals surface area contributed by atoms with Gasteiger partial charge in [0.25, 0.3) is 0 Å². The Bertz CT molecular complexity index is 896. The molecule has 3 rings (SSSR count). The molecule has 0 atom stereocenters. The molecule has 132 valence electrons. The van der Waals surface area contributed by atoms with E-state index in [9.17, 15) is 9.59 Å². The quantitative estimate of drug-likeness (QED) is 0.525. The van der Waals surface area contributed by atoms with Crippen LogP contribution in [0.4, 0.5) is 5.69 Å². The minimum atomic E-state index is -0.425. The van der Waals surface area contributed by atoms with Gasteiger partial charge in [-0.1, -0.05) is 30.0 Å². The van der Waals surface area contributed by atoms with E-state index in [2.05, 4.69) is 25.6 Å². The van der Waals surface area contributed by atoms with Gasteiger partial charge in [-0.3, -0.25) is 4.79 Å². The van der Waals surface area contributed by atoms with Crippen molar-refractivity contribution in [2.75, 3.05) is 18.2 Å². The number of methoxy groups -OCH3 is 1. The molecule has 1 amide bonds. The monoisotopic (exact) mass is 369 g/mol. The van der Waals surface area contributed by atoms with Gasteiger partial charge in [0.2, 0.25) is 11.1 Å². The van der Waals surface area contributed by atoms with Crippen molar-refractivity contribution in [1.29, 1.82) is 0 Å². The Morgan fingerprint density at radius 3 is 2.54 bits per heavy atom. The van der Waals surface area contributed by atoms with Gasteiger partial charge in [-0.15, -0.1) is 5.10 Å². The summed E-state index contributed by atoms with van der Waals surface area (Å²) in [6.45, 7) is 0. The zero-order valence-corrected chi connectivity index (χ0v) is 14.6. The number of thioether (sulfide) groups is 1. The molecule has 0 aliphatic carbocycles. The van der Waals surface area contributed by atoms with Crippen LogP contribution in [-0.4, -0.2) is 44.9 Å². The maximum absolute atomic E-state index is 12.1. The molecule has 26 heavy (non-hydrogen) atoms. The highest BCUT2D eigenvalue weighted by molar-refractivity contribution is 7.99. The molecule has 0 radical (unpaired) electrons. The molecule has 0 aliphatic rings. The predicted octanol–water partition coefficient (Wildman–Crippen LogP) is 2.18. The first-order valence-corrected chi connectivity index (χ1v) is 8.61. The third-order valence-electron chi connectivity index (χ3n) is 3.36. The minimum absolute atomic E-state index is 0.145. The number of nitrogens with zero attached hydrogens (tertiary/aromatic N) is 4. The Morgan fingerprint density at radius 1 is 1.12 bits per heavy atom. The first kappa shape index (κ1) is 17.6. The van der Waals surface area contributed by atoms with E-state index in [-0.39, 0.29) is 11.7 Å². The average molecular weight is 369 g/mol. The van der Waals surface area contributed by atoms with E-state index in [4.69, 9.17) is 0 Å². The summed E-state index contributed by atoms with van der Waals surface area (Å²) in [7, 11) is 1.32. The second-order valence-corrected chi connectivity index (χ2v) is 6.06. The number of anilines is 1. The Balaban J connectivity index is 1.58. The van der Waals surface area contributed by atoms with Gasteiger partial charge >= 0.3 is 5.97 Å². The van der Waals surface area contributed by atoms with Crippen LogP contribution >= 0.6 is 11.8 Å². The number of ether oxygens (including phenoxy) is 1. The van der Waals surface area contributed by atoms with Crippen LogP contribution < -0.4 is 5.32 Å². The van der Waals surface area contributed by atoms with Crippen molar-refractivity contribution in [3.63, 3.8) is 0 Å². The summed E-state index contributed by atoms with van der Waals surface area (Å²) in [5.74, 6) is -0.485. The van der Waals surface area contributed by atoms with Gasteiger partial charge in [0.05, 0.1) is 24.1 Å². The molecule has 3 aromatic rings. The number of benzene rings is 2. The van der Waals surface area contributed by atoms with E-state index in [1.807, 2.05) is 30.3 Å². The smallest absolute Gasteiger partial charge is 0.337 e. The van der Waals surface area contributed by atoms with Crippen molar-refractivity contribution in [1.82, 2.24) is 20.2 Å². The van der Waals surface area contributed by atoms with Gasteiger partial charge in [0.15, 0.2) is 0 Å². The summed E-state index contributed by atoms with van der Waals surface area (Å²) < 4.78 is 6.21. The van der Waals surface area contributed by atoms with E-state index >= 15 is 0 Å². The maximum Gasteiger partial charge on any atom is 0.337 e. The normalized spacial score (nSPS) is 10.3. The number of carbonyl (C=O) groups is 2.